The van der Waals surface area contributed by atoms with Crippen LogP contribution in [-0.2, 0) is 6.42 Å². The Morgan fingerprint density at radius 1 is 0.431 bits per heavy atom. The summed E-state index contributed by atoms with van der Waals surface area (Å²) in [6.45, 7) is 0. The van der Waals surface area contributed by atoms with Crippen LogP contribution in [0.1, 0.15) is 23.1 Å². The molecule has 0 amide bonds. The van der Waals surface area contributed by atoms with E-state index in [0.717, 1.165) is 62.6 Å². The zero-order valence-electron chi connectivity index (χ0n) is 27.8. The normalized spacial score (nSPS) is 12.7. The van der Waals surface area contributed by atoms with Crippen LogP contribution >= 0.6 is 0 Å². The highest BCUT2D eigenvalue weighted by Gasteiger charge is 2.22. The Labute approximate surface area is 295 Å². The van der Waals surface area contributed by atoms with Crippen molar-refractivity contribution in [1.29, 1.82) is 0 Å². The second-order valence-electron chi connectivity index (χ2n) is 13.1. The van der Waals surface area contributed by atoms with Crippen molar-refractivity contribution in [2.24, 2.45) is 0 Å². The Morgan fingerprint density at radius 2 is 1.04 bits per heavy atom. The molecule has 4 heteroatoms. The first kappa shape index (κ1) is 29.3. The van der Waals surface area contributed by atoms with Gasteiger partial charge in [-0.2, -0.15) is 0 Å². The molecule has 7 aromatic carbocycles. The van der Waals surface area contributed by atoms with Crippen molar-refractivity contribution in [2.75, 3.05) is 0 Å². The molecular weight excluding hydrogens is 623 g/mol. The van der Waals surface area contributed by atoms with E-state index in [9.17, 15) is 0 Å². The number of para-hydroxylation sites is 1. The molecule has 10 rings (SSSR count). The van der Waals surface area contributed by atoms with E-state index in [0.29, 0.717) is 17.5 Å². The molecule has 51 heavy (non-hydrogen) atoms. The summed E-state index contributed by atoms with van der Waals surface area (Å²) in [7, 11) is 0. The molecule has 0 saturated heterocycles. The van der Waals surface area contributed by atoms with E-state index >= 15 is 0 Å². The lowest BCUT2D eigenvalue weighted by molar-refractivity contribution is 0.669. The molecule has 2 aromatic heterocycles. The number of allylic oxidation sites excluding steroid dienone is 1. The largest absolute Gasteiger partial charge is 0.456 e. The van der Waals surface area contributed by atoms with Crippen LogP contribution in [0.25, 0.3) is 89.7 Å². The zero-order chi connectivity index (χ0) is 33.7. The zero-order valence-corrected chi connectivity index (χ0v) is 27.8. The number of nitrogens with zero attached hydrogens (tertiary/aromatic N) is 3. The highest BCUT2D eigenvalue weighted by atomic mass is 16.3. The molecule has 2 heterocycles. The standard InChI is InChI=1S/C47H31N3O/c1-3-11-30(12-4-1)31-19-22-34(23-20-31)46-48-45(33-14-5-2-6-15-33)49-47(50-46)41-28-37(29-43-44(41)40-17-9-10-18-42(40)51-43)35-25-26-39-36(27-35)24-21-32-13-7-8-16-38(32)39/h1-24,27-29H,25-26H2. The third-order valence-corrected chi connectivity index (χ3v) is 10.1. The van der Waals surface area contributed by atoms with Crippen molar-refractivity contribution in [2.45, 2.75) is 12.8 Å². The van der Waals surface area contributed by atoms with Gasteiger partial charge in [-0.3, -0.25) is 0 Å². The van der Waals surface area contributed by atoms with Crippen molar-refractivity contribution in [1.82, 2.24) is 15.0 Å². The molecule has 0 spiro atoms. The topological polar surface area (TPSA) is 51.8 Å². The molecule has 1 aliphatic carbocycles. The van der Waals surface area contributed by atoms with E-state index in [-0.39, 0.29) is 0 Å². The second kappa shape index (κ2) is 12.0. The SMILES string of the molecule is C1=C(c2cc(-c3nc(-c4ccccc4)nc(-c4ccc(-c5ccccc5)cc4)n3)c3c(c2)oc2ccccc23)CCc2c1ccc1ccccc21. The number of rotatable bonds is 5. The van der Waals surface area contributed by atoms with Crippen LogP contribution < -0.4 is 0 Å². The van der Waals surface area contributed by atoms with Crippen molar-refractivity contribution >= 4 is 44.4 Å². The van der Waals surface area contributed by atoms with Crippen molar-refractivity contribution in [3.8, 4) is 45.3 Å². The summed E-state index contributed by atoms with van der Waals surface area (Å²) in [5.41, 5.74) is 11.9. The van der Waals surface area contributed by atoms with Gasteiger partial charge in [0, 0.05) is 27.5 Å². The Balaban J connectivity index is 1.18. The Bertz CT molecular complexity index is 2780. The number of aryl methyl sites for hydroxylation is 1. The van der Waals surface area contributed by atoms with Gasteiger partial charge in [0.25, 0.3) is 0 Å². The van der Waals surface area contributed by atoms with E-state index in [1.807, 2.05) is 36.4 Å². The van der Waals surface area contributed by atoms with Gasteiger partial charge in [-0.05, 0) is 75.2 Å². The summed E-state index contributed by atoms with van der Waals surface area (Å²) in [6, 6.07) is 54.9. The lowest BCUT2D eigenvalue weighted by Gasteiger charge is -2.19. The number of hydrogen-bond acceptors (Lipinski definition) is 4. The Morgan fingerprint density at radius 3 is 1.82 bits per heavy atom. The van der Waals surface area contributed by atoms with Crippen LogP contribution in [0.4, 0.5) is 0 Å². The molecular formula is C47H31N3O. The number of fused-ring (bicyclic) bond motifs is 6. The van der Waals surface area contributed by atoms with Gasteiger partial charge in [-0.15, -0.1) is 0 Å². The Hall–Kier alpha value is -6.65. The van der Waals surface area contributed by atoms with E-state index in [1.54, 1.807) is 0 Å². The van der Waals surface area contributed by atoms with E-state index in [1.165, 1.54) is 33.0 Å². The van der Waals surface area contributed by atoms with Crippen molar-refractivity contribution < 1.29 is 4.42 Å². The molecule has 240 valence electrons. The minimum absolute atomic E-state index is 0.618. The smallest absolute Gasteiger partial charge is 0.164 e. The van der Waals surface area contributed by atoms with Crippen LogP contribution in [0.5, 0.6) is 0 Å². The molecule has 9 aromatic rings. The van der Waals surface area contributed by atoms with Gasteiger partial charge < -0.3 is 4.42 Å². The highest BCUT2D eigenvalue weighted by Crippen LogP contribution is 2.41. The van der Waals surface area contributed by atoms with Crippen LogP contribution in [0.2, 0.25) is 0 Å². The van der Waals surface area contributed by atoms with Gasteiger partial charge >= 0.3 is 0 Å². The van der Waals surface area contributed by atoms with Crippen molar-refractivity contribution in [3.63, 3.8) is 0 Å². The van der Waals surface area contributed by atoms with Crippen molar-refractivity contribution in [3.05, 3.63) is 174 Å². The van der Waals surface area contributed by atoms with E-state index < -0.39 is 0 Å². The van der Waals surface area contributed by atoms with Crippen LogP contribution in [0, 0.1) is 0 Å². The molecule has 0 aliphatic heterocycles. The summed E-state index contributed by atoms with van der Waals surface area (Å²) < 4.78 is 6.56. The number of furan rings is 1. The average Bonchev–Trinajstić information content (AvgIpc) is 3.59. The maximum atomic E-state index is 6.56. The summed E-state index contributed by atoms with van der Waals surface area (Å²) >= 11 is 0. The van der Waals surface area contributed by atoms with Gasteiger partial charge in [-0.25, -0.2) is 15.0 Å². The highest BCUT2D eigenvalue weighted by molar-refractivity contribution is 6.13. The molecule has 0 saturated carbocycles. The van der Waals surface area contributed by atoms with Gasteiger partial charge in [0.2, 0.25) is 0 Å². The maximum Gasteiger partial charge on any atom is 0.164 e. The molecule has 1 aliphatic rings. The van der Waals surface area contributed by atoms with Gasteiger partial charge in [0.1, 0.15) is 11.2 Å². The molecule has 0 radical (unpaired) electrons. The average molecular weight is 654 g/mol. The lowest BCUT2D eigenvalue weighted by atomic mass is 9.85. The summed E-state index contributed by atoms with van der Waals surface area (Å²) in [5.74, 6) is 1.88. The Kier molecular flexibility index (Phi) is 6.91. The number of benzene rings is 7. The predicted octanol–water partition coefficient (Wildman–Crippen LogP) is 12.1. The van der Waals surface area contributed by atoms with Gasteiger partial charge in [0.15, 0.2) is 17.5 Å². The fraction of sp³-hybridized carbons (Fsp3) is 0.0426. The van der Waals surface area contributed by atoms with Crippen LogP contribution in [-0.4, -0.2) is 15.0 Å². The van der Waals surface area contributed by atoms with Crippen LogP contribution in [0.3, 0.4) is 0 Å². The number of aromatic nitrogens is 3. The molecule has 0 atom stereocenters. The fourth-order valence-corrected chi connectivity index (χ4v) is 7.51. The monoisotopic (exact) mass is 653 g/mol. The third kappa shape index (κ3) is 5.20. The van der Waals surface area contributed by atoms with Gasteiger partial charge in [-0.1, -0.05) is 146 Å². The van der Waals surface area contributed by atoms with Gasteiger partial charge in [0.05, 0.1) is 0 Å². The summed E-state index contributed by atoms with van der Waals surface area (Å²) in [5, 5.41) is 4.67. The molecule has 0 bridgehead atoms. The minimum Gasteiger partial charge on any atom is -0.456 e. The molecule has 0 fully saturated rings. The lowest BCUT2D eigenvalue weighted by Crippen LogP contribution is -2.02. The first-order valence-corrected chi connectivity index (χ1v) is 17.4. The first-order valence-electron chi connectivity index (χ1n) is 17.4. The minimum atomic E-state index is 0.618. The molecule has 0 N–H and O–H groups in total. The summed E-state index contributed by atoms with van der Waals surface area (Å²) in [4.78, 5) is 15.4. The third-order valence-electron chi connectivity index (χ3n) is 10.1. The second-order valence-corrected chi connectivity index (χ2v) is 13.1. The fourth-order valence-electron chi connectivity index (χ4n) is 7.51. The quantitative estimate of drug-likeness (QED) is 0.185. The first-order chi connectivity index (χ1) is 25.2. The maximum absolute atomic E-state index is 6.56. The summed E-state index contributed by atoms with van der Waals surface area (Å²) in [6.07, 6.45) is 4.25. The van der Waals surface area contributed by atoms with Crippen LogP contribution in [0.15, 0.2) is 162 Å². The molecule has 4 nitrogen and oxygen atoms in total. The molecule has 0 unspecified atom stereocenters. The number of hydrogen-bond donors (Lipinski definition) is 0. The van der Waals surface area contributed by atoms with E-state index in [2.05, 4.69) is 127 Å². The predicted molar refractivity (Wildman–Crippen MR) is 209 cm³/mol. The van der Waals surface area contributed by atoms with E-state index in [4.69, 9.17) is 19.4 Å².